The maximum atomic E-state index is 13.2. The van der Waals surface area contributed by atoms with Crippen molar-refractivity contribution in [1.29, 1.82) is 0 Å². The molecule has 13 heteroatoms. The number of nitro benzene ring substituents is 1. The Morgan fingerprint density at radius 2 is 2.07 bits per heavy atom. The number of piperidine rings is 1. The molecule has 1 unspecified atom stereocenters. The second-order valence-electron chi connectivity index (χ2n) is 7.19. The van der Waals surface area contributed by atoms with Crippen LogP contribution in [0.25, 0.3) is 10.1 Å². The van der Waals surface area contributed by atoms with Crippen molar-refractivity contribution in [3.05, 3.63) is 32.1 Å². The third-order valence-corrected chi connectivity index (χ3v) is 6.28. The van der Waals surface area contributed by atoms with Gasteiger partial charge in [0.1, 0.15) is 10.3 Å². The summed E-state index contributed by atoms with van der Waals surface area (Å²) in [6.07, 6.45) is -4.17. The van der Waals surface area contributed by atoms with Crippen LogP contribution in [0.15, 0.2) is 10.9 Å². The van der Waals surface area contributed by atoms with Crippen LogP contribution in [-0.4, -0.2) is 46.6 Å². The van der Waals surface area contributed by atoms with E-state index in [-0.39, 0.29) is 15.9 Å². The van der Waals surface area contributed by atoms with E-state index in [2.05, 4.69) is 4.98 Å². The van der Waals surface area contributed by atoms with Crippen LogP contribution in [0.5, 0.6) is 5.75 Å². The van der Waals surface area contributed by atoms with E-state index < -0.39 is 44.8 Å². The second-order valence-corrected chi connectivity index (χ2v) is 8.17. The quantitative estimate of drug-likeness (QED) is 0.552. The molecular formula is C17H16F3N3O6S. The number of hydrogen-bond donors (Lipinski definition) is 1. The number of phenols is 1. The highest BCUT2D eigenvalue weighted by molar-refractivity contribution is 7.22. The van der Waals surface area contributed by atoms with Crippen molar-refractivity contribution < 1.29 is 32.7 Å². The molecule has 3 heterocycles. The highest BCUT2D eigenvalue weighted by Crippen LogP contribution is 2.46. The topological polar surface area (TPSA) is 115 Å². The monoisotopic (exact) mass is 447 g/mol. The summed E-state index contributed by atoms with van der Waals surface area (Å²) in [6.45, 7) is 3.11. The van der Waals surface area contributed by atoms with Gasteiger partial charge in [0, 0.05) is 25.9 Å². The Hall–Kier alpha value is -2.51. The normalized spacial score (nSPS) is 21.5. The van der Waals surface area contributed by atoms with Crippen LogP contribution in [0, 0.1) is 10.1 Å². The van der Waals surface area contributed by atoms with Gasteiger partial charge in [-0.1, -0.05) is 11.3 Å². The molecule has 2 saturated heterocycles. The minimum absolute atomic E-state index is 0.0418. The van der Waals surface area contributed by atoms with Crippen molar-refractivity contribution in [3.8, 4) is 5.75 Å². The molecule has 0 radical (unpaired) electrons. The third kappa shape index (κ3) is 3.46. The summed E-state index contributed by atoms with van der Waals surface area (Å²) >= 11 is 0.692. The van der Waals surface area contributed by atoms with Crippen LogP contribution < -0.4 is 10.5 Å². The Bertz CT molecular complexity index is 1080. The number of rotatable bonds is 2. The lowest BCUT2D eigenvalue weighted by atomic mass is 10.0. The second kappa shape index (κ2) is 7.03. The van der Waals surface area contributed by atoms with E-state index in [0.29, 0.717) is 49.9 Å². The number of anilines is 1. The standard InChI is InChI=1S/C17H16F3N3O6S/c1-8-7-28-16(29-8)2-4-22(5-3-16)15-21-14(25)9-6-10(17(18,19)20)12(24)11(23(26)27)13(9)30-15/h6,8,24H,2-5,7H2,1H3. The molecular weight excluding hydrogens is 431 g/mol. The maximum absolute atomic E-state index is 13.2. The van der Waals surface area contributed by atoms with Gasteiger partial charge in [-0.05, 0) is 13.0 Å². The van der Waals surface area contributed by atoms with E-state index in [9.17, 15) is 33.2 Å². The number of alkyl halides is 3. The van der Waals surface area contributed by atoms with Gasteiger partial charge >= 0.3 is 11.9 Å². The van der Waals surface area contributed by atoms with Crippen LogP contribution in [0.3, 0.4) is 0 Å². The van der Waals surface area contributed by atoms with Gasteiger partial charge in [-0.3, -0.25) is 14.9 Å². The molecule has 2 aliphatic heterocycles. The Morgan fingerprint density at radius 3 is 2.60 bits per heavy atom. The zero-order chi connectivity index (χ0) is 21.8. The average molecular weight is 447 g/mol. The van der Waals surface area contributed by atoms with Crippen molar-refractivity contribution in [2.45, 2.75) is 37.8 Å². The molecule has 2 aliphatic rings. The van der Waals surface area contributed by atoms with Crippen LogP contribution in [-0.2, 0) is 15.7 Å². The number of fused-ring (bicyclic) bond motifs is 1. The van der Waals surface area contributed by atoms with Crippen molar-refractivity contribution in [3.63, 3.8) is 0 Å². The lowest BCUT2D eigenvalue weighted by molar-refractivity contribution is -0.384. The zero-order valence-electron chi connectivity index (χ0n) is 15.6. The minimum atomic E-state index is -5.07. The van der Waals surface area contributed by atoms with Crippen LogP contribution >= 0.6 is 11.3 Å². The molecule has 2 fully saturated rings. The first-order valence-corrected chi connectivity index (χ1v) is 9.81. The Balaban J connectivity index is 1.76. The summed E-state index contributed by atoms with van der Waals surface area (Å²) in [4.78, 5) is 28.3. The summed E-state index contributed by atoms with van der Waals surface area (Å²) in [6, 6.07) is 0.403. The predicted octanol–water partition coefficient (Wildman–Crippen LogP) is 3.02. The van der Waals surface area contributed by atoms with Crippen molar-refractivity contribution in [1.82, 2.24) is 4.98 Å². The van der Waals surface area contributed by atoms with Crippen LogP contribution in [0.1, 0.15) is 25.3 Å². The molecule has 0 amide bonds. The van der Waals surface area contributed by atoms with Crippen molar-refractivity contribution in [2.75, 3.05) is 24.6 Å². The fourth-order valence-electron chi connectivity index (χ4n) is 3.69. The van der Waals surface area contributed by atoms with E-state index in [1.807, 2.05) is 6.92 Å². The summed E-state index contributed by atoms with van der Waals surface area (Å²) in [7, 11) is 0. The van der Waals surface area contributed by atoms with Crippen molar-refractivity contribution >= 4 is 32.2 Å². The van der Waals surface area contributed by atoms with E-state index >= 15 is 0 Å². The summed E-state index contributed by atoms with van der Waals surface area (Å²) < 4.78 is 50.7. The molecule has 0 bridgehead atoms. The number of phenolic OH excluding ortho intramolecular Hbond substituents is 1. The van der Waals surface area contributed by atoms with Crippen molar-refractivity contribution in [2.24, 2.45) is 0 Å². The summed E-state index contributed by atoms with van der Waals surface area (Å²) in [5, 5.41) is 20.9. The van der Waals surface area contributed by atoms with Gasteiger partial charge < -0.3 is 19.5 Å². The highest BCUT2D eigenvalue weighted by atomic mass is 32.1. The molecule has 1 aromatic heterocycles. The molecule has 4 rings (SSSR count). The lowest BCUT2D eigenvalue weighted by Crippen LogP contribution is -2.45. The Labute approximate surface area is 170 Å². The van der Waals surface area contributed by atoms with Gasteiger partial charge in [-0.15, -0.1) is 0 Å². The van der Waals surface area contributed by atoms with E-state index in [1.165, 1.54) is 0 Å². The molecule has 9 nitrogen and oxygen atoms in total. The van der Waals surface area contributed by atoms with Gasteiger partial charge in [0.05, 0.1) is 23.0 Å². The fourth-order valence-corrected chi connectivity index (χ4v) is 4.84. The number of halogens is 3. The number of ether oxygens (including phenoxy) is 2. The number of aromatic nitrogens is 1. The van der Waals surface area contributed by atoms with Gasteiger partial charge in [0.15, 0.2) is 10.9 Å². The number of benzene rings is 1. The molecule has 30 heavy (non-hydrogen) atoms. The van der Waals surface area contributed by atoms with Gasteiger partial charge in [0.2, 0.25) is 5.75 Å². The van der Waals surface area contributed by atoms with E-state index in [0.717, 1.165) is 0 Å². The van der Waals surface area contributed by atoms with E-state index in [4.69, 9.17) is 9.47 Å². The first-order valence-electron chi connectivity index (χ1n) is 9.00. The molecule has 1 atom stereocenters. The number of aromatic hydroxyl groups is 1. The Morgan fingerprint density at radius 1 is 1.40 bits per heavy atom. The minimum Gasteiger partial charge on any atom is -0.502 e. The predicted molar refractivity (Wildman–Crippen MR) is 99.9 cm³/mol. The number of nitro groups is 1. The zero-order valence-corrected chi connectivity index (χ0v) is 16.4. The lowest BCUT2D eigenvalue weighted by Gasteiger charge is -2.37. The molecule has 1 aromatic carbocycles. The summed E-state index contributed by atoms with van der Waals surface area (Å²) in [5.74, 6) is -2.24. The first kappa shape index (κ1) is 20.8. The third-order valence-electron chi connectivity index (χ3n) is 5.13. The van der Waals surface area contributed by atoms with Gasteiger partial charge in [0.25, 0.3) is 5.56 Å². The molecule has 2 aromatic rings. The number of nitrogens with zero attached hydrogens (tertiary/aromatic N) is 3. The highest BCUT2D eigenvalue weighted by Gasteiger charge is 2.43. The van der Waals surface area contributed by atoms with Gasteiger partial charge in [-0.2, -0.15) is 18.2 Å². The molecule has 1 N–H and O–H groups in total. The molecule has 162 valence electrons. The molecule has 0 aliphatic carbocycles. The number of hydrogen-bond acceptors (Lipinski definition) is 9. The van der Waals surface area contributed by atoms with Crippen LogP contribution in [0.4, 0.5) is 24.0 Å². The smallest absolute Gasteiger partial charge is 0.420 e. The summed E-state index contributed by atoms with van der Waals surface area (Å²) in [5.41, 5.74) is -3.84. The van der Waals surface area contributed by atoms with Gasteiger partial charge in [-0.25, -0.2) is 0 Å². The first-order chi connectivity index (χ1) is 14.0. The fraction of sp³-hybridized carbons (Fsp3) is 0.529. The average Bonchev–Trinajstić information content (AvgIpc) is 3.00. The Kier molecular flexibility index (Phi) is 4.86. The largest absolute Gasteiger partial charge is 0.502 e. The van der Waals surface area contributed by atoms with Crippen LogP contribution in [0.2, 0.25) is 0 Å². The van der Waals surface area contributed by atoms with E-state index in [1.54, 1.807) is 4.90 Å². The molecule has 0 saturated carbocycles. The maximum Gasteiger partial charge on any atom is 0.420 e. The molecule has 1 spiro atoms. The SMILES string of the molecule is CC1COC2(CCN(c3nc(=O)c4cc(C(F)(F)F)c(O)c([N+](=O)[O-])c4s3)CC2)O1.